The van der Waals surface area contributed by atoms with Crippen LogP contribution in [0.5, 0.6) is 0 Å². The minimum Gasteiger partial charge on any atom is -0.356 e. The minimum absolute atomic E-state index is 0.134. The number of likely N-dealkylation sites (tertiary alicyclic amines) is 1. The van der Waals surface area contributed by atoms with Crippen molar-refractivity contribution >= 4 is 20.8 Å². The van der Waals surface area contributed by atoms with Crippen molar-refractivity contribution in [2.45, 2.75) is 101 Å². The minimum atomic E-state index is -2.78. The number of hydrogen-bond donors (Lipinski definition) is 1. The monoisotopic (exact) mass is 611 g/mol. The predicted octanol–water partition coefficient (Wildman–Crippen LogP) is 8.01. The number of nitrogens with zero attached hydrogens (tertiary/aromatic N) is 4. The summed E-state index contributed by atoms with van der Waals surface area (Å²) in [7, 11) is -2.78. The van der Waals surface area contributed by atoms with Crippen LogP contribution in [-0.2, 0) is 27.3 Å². The molecular weight excluding hydrogens is 566 g/mol. The van der Waals surface area contributed by atoms with E-state index in [0.717, 1.165) is 66.6 Å². The Morgan fingerprint density at radius 2 is 1.75 bits per heavy atom. The maximum atomic E-state index is 12.7. The second-order valence-electron chi connectivity index (χ2n) is 13.4. The van der Waals surface area contributed by atoms with Gasteiger partial charge in [0.05, 0.1) is 9.73 Å². The van der Waals surface area contributed by atoms with E-state index in [1.54, 1.807) is 6.92 Å². The normalized spacial score (nSPS) is 25.9. The summed E-state index contributed by atoms with van der Waals surface area (Å²) in [5.74, 6) is 0.299. The molecule has 3 aliphatic rings. The number of aromatic nitrogens is 3. The van der Waals surface area contributed by atoms with Gasteiger partial charge in [0.15, 0.2) is 11.9 Å². The van der Waals surface area contributed by atoms with Gasteiger partial charge < -0.3 is 4.74 Å². The first-order chi connectivity index (χ1) is 21.3. The number of rotatable bonds is 6. The Labute approximate surface area is 262 Å². The summed E-state index contributed by atoms with van der Waals surface area (Å²) >= 11 is 0. The van der Waals surface area contributed by atoms with Crippen molar-refractivity contribution in [3.8, 4) is 22.4 Å². The highest BCUT2D eigenvalue weighted by Crippen LogP contribution is 2.39. The van der Waals surface area contributed by atoms with Gasteiger partial charge in [-0.15, -0.1) is 0 Å². The Bertz CT molecular complexity index is 1770. The fourth-order valence-electron chi connectivity index (χ4n) is 7.75. The molecule has 4 atom stereocenters. The molecule has 7 nitrogen and oxygen atoms in total. The molecule has 2 fully saturated rings. The zero-order valence-electron chi connectivity index (χ0n) is 26.3. The Hall–Kier alpha value is -3.07. The van der Waals surface area contributed by atoms with Crippen molar-refractivity contribution in [2.75, 3.05) is 18.9 Å². The van der Waals surface area contributed by atoms with Crippen molar-refractivity contribution in [1.82, 2.24) is 19.7 Å². The third-order valence-electron chi connectivity index (χ3n) is 10.5. The van der Waals surface area contributed by atoms with Crippen LogP contribution >= 0.6 is 0 Å². The molecule has 0 amide bonds. The number of pyridine rings is 1. The maximum Gasteiger partial charge on any atom is 0.161 e. The molecule has 0 radical (unpaired) electrons. The highest BCUT2D eigenvalue weighted by molar-refractivity contribution is 7.92. The second kappa shape index (κ2) is 11.7. The number of ether oxygens (including phenoxy) is 1. The highest BCUT2D eigenvalue weighted by Gasteiger charge is 2.38. The van der Waals surface area contributed by atoms with Crippen LogP contribution in [0.4, 0.5) is 0 Å². The van der Waals surface area contributed by atoms with Crippen molar-refractivity contribution in [3.63, 3.8) is 0 Å². The topological polar surface area (TPSA) is 84.1 Å². The molecule has 0 bridgehead atoms. The Kier molecular flexibility index (Phi) is 7.88. The average Bonchev–Trinajstić information content (AvgIpc) is 3.62. The molecule has 0 saturated carbocycles. The largest absolute Gasteiger partial charge is 0.356 e. The van der Waals surface area contributed by atoms with Gasteiger partial charge in [-0.05, 0) is 113 Å². The molecule has 2 aliphatic heterocycles. The molecule has 2 aromatic carbocycles. The molecule has 4 heterocycles. The van der Waals surface area contributed by atoms with Crippen LogP contribution < -0.4 is 0 Å². The third-order valence-corrected chi connectivity index (χ3v) is 12.4. The van der Waals surface area contributed by atoms with Gasteiger partial charge in [-0.3, -0.25) is 4.90 Å². The van der Waals surface area contributed by atoms with Crippen molar-refractivity contribution in [3.05, 3.63) is 65.9 Å². The summed E-state index contributed by atoms with van der Waals surface area (Å²) < 4.78 is 29.0. The highest BCUT2D eigenvalue weighted by atomic mass is 32.2. The number of benzene rings is 2. The van der Waals surface area contributed by atoms with Crippen LogP contribution in [0, 0.1) is 4.78 Å². The van der Waals surface area contributed by atoms with Crippen molar-refractivity contribution in [2.24, 2.45) is 0 Å². The zero-order valence-corrected chi connectivity index (χ0v) is 27.2. The van der Waals surface area contributed by atoms with Crippen LogP contribution in [0.2, 0.25) is 0 Å². The number of aryl methyl sites for hydroxylation is 2. The molecule has 44 heavy (non-hydrogen) atoms. The maximum absolute atomic E-state index is 12.7. The lowest BCUT2D eigenvalue weighted by Gasteiger charge is -2.41. The summed E-state index contributed by atoms with van der Waals surface area (Å²) in [6.07, 6.45) is 12.2. The summed E-state index contributed by atoms with van der Waals surface area (Å²) in [5.41, 5.74) is 8.08. The van der Waals surface area contributed by atoms with Gasteiger partial charge in [0.25, 0.3) is 0 Å². The summed E-state index contributed by atoms with van der Waals surface area (Å²) in [4.78, 5) is 8.34. The molecule has 1 N–H and O–H groups in total. The van der Waals surface area contributed by atoms with Crippen molar-refractivity contribution in [1.29, 1.82) is 4.78 Å². The first-order valence-corrected chi connectivity index (χ1v) is 18.2. The van der Waals surface area contributed by atoms with Gasteiger partial charge in [-0.25, -0.2) is 18.7 Å². The Morgan fingerprint density at radius 1 is 0.977 bits per heavy atom. The van der Waals surface area contributed by atoms with Gasteiger partial charge in [0.1, 0.15) is 5.69 Å². The molecular formula is C36H45N5O2S. The van der Waals surface area contributed by atoms with E-state index in [1.807, 2.05) is 35.1 Å². The molecule has 2 aromatic heterocycles. The fourth-order valence-corrected chi connectivity index (χ4v) is 8.66. The quantitative estimate of drug-likeness (QED) is 0.223. The molecule has 7 rings (SSSR count). The first kappa shape index (κ1) is 29.6. The van der Waals surface area contributed by atoms with Crippen LogP contribution in [0.25, 0.3) is 33.4 Å². The van der Waals surface area contributed by atoms with Gasteiger partial charge in [-0.2, -0.15) is 5.10 Å². The van der Waals surface area contributed by atoms with Crippen LogP contribution in [-0.4, -0.2) is 54.4 Å². The number of fused-ring (bicyclic) bond motifs is 2. The van der Waals surface area contributed by atoms with Crippen LogP contribution in [0.3, 0.4) is 0 Å². The van der Waals surface area contributed by atoms with E-state index in [-0.39, 0.29) is 11.8 Å². The Balaban J connectivity index is 1.25. The van der Waals surface area contributed by atoms with E-state index in [9.17, 15) is 4.21 Å². The molecule has 0 spiro atoms. The molecule has 1 aliphatic carbocycles. The molecule has 3 unspecified atom stereocenters. The van der Waals surface area contributed by atoms with E-state index in [1.165, 1.54) is 48.9 Å². The zero-order chi connectivity index (χ0) is 30.5. The first-order valence-electron chi connectivity index (χ1n) is 16.5. The standard InChI is InChI=1S/C36H45N5O2S/c1-4-44(37,42)31-14-12-27(13-15-31)34-32-23-30(24-38-35(32)41(39-34)33-9-5-6-21-43-33)28-11-10-26-16-18-36(3,19-17-29(26)22-28)40-20-7-8-25(40)2/h10-15,22-25,33,37H,4-9,16-21H2,1-3H3/t25-,33?,36?,44?/m1/s1. The number of hydrogen-bond acceptors (Lipinski definition) is 6. The Morgan fingerprint density at radius 3 is 2.45 bits per heavy atom. The second-order valence-corrected chi connectivity index (χ2v) is 15.8. The van der Waals surface area contributed by atoms with Gasteiger partial charge in [0, 0.05) is 51.5 Å². The van der Waals surface area contributed by atoms with E-state index in [0.29, 0.717) is 16.7 Å². The van der Waals surface area contributed by atoms with Gasteiger partial charge >= 0.3 is 0 Å². The van der Waals surface area contributed by atoms with Gasteiger partial charge in [0.2, 0.25) is 0 Å². The summed E-state index contributed by atoms with van der Waals surface area (Å²) in [6.45, 7) is 8.65. The summed E-state index contributed by atoms with van der Waals surface area (Å²) in [5, 5.41) is 6.06. The van der Waals surface area contributed by atoms with Crippen molar-refractivity contribution < 1.29 is 8.95 Å². The van der Waals surface area contributed by atoms with E-state index in [4.69, 9.17) is 19.6 Å². The third kappa shape index (κ3) is 5.39. The van der Waals surface area contributed by atoms with Crippen LogP contribution in [0.15, 0.2) is 59.6 Å². The lowest BCUT2D eigenvalue weighted by Crippen LogP contribution is -2.48. The van der Waals surface area contributed by atoms with Crippen LogP contribution in [0.1, 0.15) is 83.1 Å². The van der Waals surface area contributed by atoms with E-state index >= 15 is 0 Å². The van der Waals surface area contributed by atoms with E-state index in [2.05, 4.69) is 43.0 Å². The van der Waals surface area contributed by atoms with E-state index < -0.39 is 9.73 Å². The molecule has 232 valence electrons. The lowest BCUT2D eigenvalue weighted by atomic mass is 9.89. The summed E-state index contributed by atoms with van der Waals surface area (Å²) in [6, 6.07) is 17.4. The molecule has 8 heteroatoms. The lowest BCUT2D eigenvalue weighted by molar-refractivity contribution is -0.0368. The molecule has 4 aromatic rings. The average molecular weight is 612 g/mol. The smallest absolute Gasteiger partial charge is 0.161 e. The number of nitrogens with one attached hydrogen (secondary N) is 1. The van der Waals surface area contributed by atoms with Gasteiger partial charge in [-0.1, -0.05) is 37.3 Å². The molecule has 2 saturated heterocycles. The predicted molar refractivity (Wildman–Crippen MR) is 177 cm³/mol. The SMILES string of the molecule is CCS(=N)(=O)c1ccc(-c2nn(C3CCCCO3)c3ncc(-c4ccc5c(c4)CCC(C)(N4CCC[C@H]4C)CC5)cc23)cc1. The fraction of sp³-hybridized carbons (Fsp3) is 0.500.